The third-order valence-electron chi connectivity index (χ3n) is 5.98. The lowest BCUT2D eigenvalue weighted by atomic mass is 10.1. The zero-order valence-electron chi connectivity index (χ0n) is 18.6. The predicted molar refractivity (Wildman–Crippen MR) is 130 cm³/mol. The summed E-state index contributed by atoms with van der Waals surface area (Å²) in [5, 5.41) is 0.550. The number of likely N-dealkylation sites (N-methyl/N-ethyl adjacent to an activating group) is 1. The molecule has 1 aromatic heterocycles. The van der Waals surface area contributed by atoms with Crippen LogP contribution in [-0.2, 0) is 11.3 Å². The van der Waals surface area contributed by atoms with Crippen LogP contribution >= 0.6 is 0 Å². The van der Waals surface area contributed by atoms with E-state index in [4.69, 9.17) is 0 Å². The van der Waals surface area contributed by atoms with E-state index >= 15 is 0 Å². The number of rotatable bonds is 6. The fraction of sp³-hybridized carbons (Fsp3) is 0.346. The number of fused-ring (bicyclic) bond motifs is 1. The maximum atomic E-state index is 12.8. The quantitative estimate of drug-likeness (QED) is 0.590. The van der Waals surface area contributed by atoms with Crippen LogP contribution in [0.25, 0.3) is 17.0 Å². The summed E-state index contributed by atoms with van der Waals surface area (Å²) in [6, 6.07) is 15.6. The van der Waals surface area contributed by atoms with Crippen LogP contribution in [0, 0.1) is 0 Å². The minimum absolute atomic E-state index is 0.111. The molecule has 166 valence electrons. The van der Waals surface area contributed by atoms with Crippen LogP contribution in [0.1, 0.15) is 44.0 Å². The highest BCUT2D eigenvalue weighted by molar-refractivity contribution is 5.91. The second-order valence-corrected chi connectivity index (χ2v) is 8.21. The summed E-state index contributed by atoms with van der Waals surface area (Å²) in [6.45, 7) is 4.93. The van der Waals surface area contributed by atoms with E-state index in [-0.39, 0.29) is 18.0 Å². The van der Waals surface area contributed by atoms with Gasteiger partial charge in [-0.05, 0) is 55.7 Å². The minimum Gasteiger partial charge on any atom is -0.372 e. The Labute approximate surface area is 188 Å². The largest absolute Gasteiger partial charge is 0.372 e. The number of anilines is 1. The van der Waals surface area contributed by atoms with E-state index in [0.717, 1.165) is 18.7 Å². The molecule has 0 spiro atoms. The number of para-hydroxylation sites is 1. The van der Waals surface area contributed by atoms with Crippen molar-refractivity contribution in [3.05, 3.63) is 76.3 Å². The van der Waals surface area contributed by atoms with E-state index in [0.29, 0.717) is 23.3 Å². The molecule has 0 bridgehead atoms. The highest BCUT2D eigenvalue weighted by atomic mass is 16.2. The van der Waals surface area contributed by atoms with Gasteiger partial charge in [0.15, 0.2) is 0 Å². The Hall–Kier alpha value is -3.41. The topological polar surface area (TPSA) is 69.3 Å². The first-order valence-corrected chi connectivity index (χ1v) is 11.4. The molecule has 0 saturated carbocycles. The Balaban J connectivity index is 1.42. The number of aromatic nitrogens is 2. The van der Waals surface area contributed by atoms with E-state index in [9.17, 15) is 9.59 Å². The summed E-state index contributed by atoms with van der Waals surface area (Å²) in [6.07, 6.45) is 8.56. The van der Waals surface area contributed by atoms with Crippen molar-refractivity contribution >= 4 is 28.6 Å². The molecular formula is C26H30N4O2. The van der Waals surface area contributed by atoms with Crippen LogP contribution in [0.2, 0.25) is 0 Å². The lowest BCUT2D eigenvalue weighted by Crippen LogP contribution is -2.30. The van der Waals surface area contributed by atoms with Crippen molar-refractivity contribution in [1.29, 1.82) is 0 Å². The number of H-pyrrole nitrogens is 1. The van der Waals surface area contributed by atoms with Crippen LogP contribution < -0.4 is 10.5 Å². The van der Waals surface area contributed by atoms with E-state index in [1.54, 1.807) is 23.1 Å². The Kier molecular flexibility index (Phi) is 7.00. The van der Waals surface area contributed by atoms with Gasteiger partial charge in [0.2, 0.25) is 5.91 Å². The van der Waals surface area contributed by atoms with Gasteiger partial charge in [-0.15, -0.1) is 0 Å². The van der Waals surface area contributed by atoms with Crippen LogP contribution in [0.3, 0.4) is 0 Å². The van der Waals surface area contributed by atoms with Crippen molar-refractivity contribution in [1.82, 2.24) is 14.9 Å². The molecule has 1 N–H and O–H groups in total. The summed E-state index contributed by atoms with van der Waals surface area (Å²) in [5.41, 5.74) is 2.69. The number of carbonyl (C=O) groups is 1. The van der Waals surface area contributed by atoms with Gasteiger partial charge in [-0.25, -0.2) is 4.98 Å². The van der Waals surface area contributed by atoms with Gasteiger partial charge in [-0.1, -0.05) is 37.1 Å². The predicted octanol–water partition coefficient (Wildman–Crippen LogP) is 4.37. The summed E-state index contributed by atoms with van der Waals surface area (Å²) in [4.78, 5) is 36.5. The summed E-state index contributed by atoms with van der Waals surface area (Å²) in [7, 11) is 0. The second kappa shape index (κ2) is 10.3. The lowest BCUT2D eigenvalue weighted by Gasteiger charge is -2.22. The van der Waals surface area contributed by atoms with Crippen molar-refractivity contribution in [2.24, 2.45) is 0 Å². The van der Waals surface area contributed by atoms with E-state index in [2.05, 4.69) is 39.1 Å². The van der Waals surface area contributed by atoms with Gasteiger partial charge in [0.05, 0.1) is 17.4 Å². The third kappa shape index (κ3) is 5.25. The molecule has 0 unspecified atom stereocenters. The molecular weight excluding hydrogens is 400 g/mol. The smallest absolute Gasteiger partial charge is 0.258 e. The number of nitrogens with one attached hydrogen (secondary N) is 1. The lowest BCUT2D eigenvalue weighted by molar-refractivity contribution is -0.126. The van der Waals surface area contributed by atoms with Gasteiger partial charge in [0.1, 0.15) is 5.82 Å². The molecule has 1 amide bonds. The number of amides is 1. The monoisotopic (exact) mass is 430 g/mol. The van der Waals surface area contributed by atoms with Crippen molar-refractivity contribution in [2.45, 2.75) is 39.2 Å². The first-order valence-electron chi connectivity index (χ1n) is 11.4. The SMILES string of the molecule is CCN(Cc1nc2ccccc2c(=O)[nH]1)C(=O)C=Cc1ccc(N2CCCCCC2)cc1. The highest BCUT2D eigenvalue weighted by Crippen LogP contribution is 2.20. The fourth-order valence-corrected chi connectivity index (χ4v) is 4.13. The summed E-state index contributed by atoms with van der Waals surface area (Å²) < 4.78 is 0. The number of benzene rings is 2. The Morgan fingerprint density at radius 3 is 2.50 bits per heavy atom. The third-order valence-corrected chi connectivity index (χ3v) is 5.98. The molecule has 2 aromatic carbocycles. The van der Waals surface area contributed by atoms with Crippen molar-refractivity contribution in [2.75, 3.05) is 24.5 Å². The van der Waals surface area contributed by atoms with Crippen molar-refractivity contribution < 1.29 is 4.79 Å². The van der Waals surface area contributed by atoms with Crippen LogP contribution in [-0.4, -0.2) is 40.4 Å². The number of nitrogens with zero attached hydrogens (tertiary/aromatic N) is 3. The van der Waals surface area contributed by atoms with Crippen LogP contribution in [0.4, 0.5) is 5.69 Å². The minimum atomic E-state index is -0.186. The molecule has 4 rings (SSSR count). The Bertz CT molecular complexity index is 1140. The van der Waals surface area contributed by atoms with Gasteiger partial charge in [-0.3, -0.25) is 9.59 Å². The van der Waals surface area contributed by atoms with Crippen molar-refractivity contribution in [3.63, 3.8) is 0 Å². The maximum Gasteiger partial charge on any atom is 0.258 e. The molecule has 6 heteroatoms. The standard InChI is InChI=1S/C26H30N4O2/c1-2-29(19-24-27-23-10-6-5-9-22(23)26(32)28-24)25(31)16-13-20-11-14-21(15-12-20)30-17-7-3-4-8-18-30/h5-6,9-16H,2-4,7-8,17-19H2,1H3,(H,27,28,32). The highest BCUT2D eigenvalue weighted by Gasteiger charge is 2.13. The number of hydrogen-bond acceptors (Lipinski definition) is 4. The molecule has 2 heterocycles. The zero-order valence-corrected chi connectivity index (χ0v) is 18.6. The van der Waals surface area contributed by atoms with Gasteiger partial charge in [0, 0.05) is 31.4 Å². The van der Waals surface area contributed by atoms with E-state index in [1.165, 1.54) is 31.4 Å². The Morgan fingerprint density at radius 2 is 1.78 bits per heavy atom. The van der Waals surface area contributed by atoms with Gasteiger partial charge < -0.3 is 14.8 Å². The Morgan fingerprint density at radius 1 is 1.06 bits per heavy atom. The number of hydrogen-bond donors (Lipinski definition) is 1. The average molecular weight is 431 g/mol. The maximum absolute atomic E-state index is 12.8. The number of aromatic amines is 1. The molecule has 6 nitrogen and oxygen atoms in total. The second-order valence-electron chi connectivity index (χ2n) is 8.21. The molecule has 1 aliphatic rings. The van der Waals surface area contributed by atoms with E-state index < -0.39 is 0 Å². The average Bonchev–Trinajstić information content (AvgIpc) is 3.11. The zero-order chi connectivity index (χ0) is 22.3. The first kappa shape index (κ1) is 21.8. The first-order chi connectivity index (χ1) is 15.6. The van der Waals surface area contributed by atoms with Gasteiger partial charge in [-0.2, -0.15) is 0 Å². The van der Waals surface area contributed by atoms with Crippen LogP contribution in [0.5, 0.6) is 0 Å². The summed E-state index contributed by atoms with van der Waals surface area (Å²) >= 11 is 0. The van der Waals surface area contributed by atoms with Gasteiger partial charge in [0.25, 0.3) is 5.56 Å². The molecule has 1 aliphatic heterocycles. The molecule has 0 radical (unpaired) electrons. The molecule has 32 heavy (non-hydrogen) atoms. The van der Waals surface area contributed by atoms with Crippen molar-refractivity contribution in [3.8, 4) is 0 Å². The van der Waals surface area contributed by atoms with Crippen LogP contribution in [0.15, 0.2) is 59.4 Å². The fourth-order valence-electron chi connectivity index (χ4n) is 4.13. The molecule has 0 aliphatic carbocycles. The molecule has 0 atom stereocenters. The van der Waals surface area contributed by atoms with E-state index in [1.807, 2.05) is 25.1 Å². The molecule has 1 fully saturated rings. The molecule has 1 saturated heterocycles. The molecule has 3 aromatic rings. The van der Waals surface area contributed by atoms with Gasteiger partial charge >= 0.3 is 0 Å². The normalized spacial score (nSPS) is 14.6. The summed E-state index contributed by atoms with van der Waals surface area (Å²) in [5.74, 6) is 0.374. The number of carbonyl (C=O) groups excluding carboxylic acids is 1.